The first-order valence-corrected chi connectivity index (χ1v) is 6.16. The van der Waals surface area contributed by atoms with Gasteiger partial charge in [-0.2, -0.15) is 0 Å². The quantitative estimate of drug-likeness (QED) is 0.739. The van der Waals surface area contributed by atoms with E-state index < -0.39 is 0 Å². The summed E-state index contributed by atoms with van der Waals surface area (Å²) in [4.78, 5) is 2.67. The van der Waals surface area contributed by atoms with E-state index in [0.717, 1.165) is 5.92 Å². The van der Waals surface area contributed by atoms with E-state index in [0.29, 0.717) is 5.41 Å². The maximum absolute atomic E-state index is 3.54. The van der Waals surface area contributed by atoms with Crippen molar-refractivity contribution in [3.05, 3.63) is 0 Å². The molecule has 1 unspecified atom stereocenters. The van der Waals surface area contributed by atoms with E-state index in [9.17, 15) is 0 Å². The molecule has 2 nitrogen and oxygen atoms in total. The molecule has 82 valence electrons. The highest BCUT2D eigenvalue weighted by Gasteiger charge is 2.38. The van der Waals surface area contributed by atoms with E-state index in [-0.39, 0.29) is 0 Å². The van der Waals surface area contributed by atoms with E-state index in [4.69, 9.17) is 0 Å². The molecule has 0 aromatic heterocycles. The lowest BCUT2D eigenvalue weighted by molar-refractivity contribution is 0.135. The number of nitrogens with one attached hydrogen (secondary N) is 1. The SMILES string of the molecule is CC(C)C1(CN2CCCC2)CCNC1. The van der Waals surface area contributed by atoms with Crippen LogP contribution in [0.2, 0.25) is 0 Å². The zero-order valence-corrected chi connectivity index (χ0v) is 9.68. The molecule has 0 spiro atoms. The van der Waals surface area contributed by atoms with Gasteiger partial charge >= 0.3 is 0 Å². The van der Waals surface area contributed by atoms with Gasteiger partial charge in [-0.3, -0.25) is 0 Å². The molecule has 2 heterocycles. The highest BCUT2D eigenvalue weighted by molar-refractivity contribution is 4.93. The number of hydrogen-bond donors (Lipinski definition) is 1. The number of likely N-dealkylation sites (tertiary alicyclic amines) is 1. The van der Waals surface area contributed by atoms with E-state index in [2.05, 4.69) is 24.1 Å². The molecule has 0 radical (unpaired) electrons. The molecule has 2 fully saturated rings. The zero-order chi connectivity index (χ0) is 10.0. The van der Waals surface area contributed by atoms with Crippen molar-refractivity contribution in [3.63, 3.8) is 0 Å². The van der Waals surface area contributed by atoms with Crippen molar-refractivity contribution in [1.29, 1.82) is 0 Å². The fourth-order valence-electron chi connectivity index (χ4n) is 2.96. The van der Waals surface area contributed by atoms with E-state index in [1.165, 1.54) is 52.0 Å². The van der Waals surface area contributed by atoms with Crippen LogP contribution in [0.1, 0.15) is 33.1 Å². The van der Waals surface area contributed by atoms with Crippen LogP contribution in [0, 0.1) is 11.3 Å². The molecule has 2 rings (SSSR count). The van der Waals surface area contributed by atoms with Crippen LogP contribution in [0.4, 0.5) is 0 Å². The van der Waals surface area contributed by atoms with Gasteiger partial charge in [0.05, 0.1) is 0 Å². The van der Waals surface area contributed by atoms with Crippen LogP contribution < -0.4 is 5.32 Å². The monoisotopic (exact) mass is 196 g/mol. The third-order valence-corrected chi connectivity index (χ3v) is 4.24. The first kappa shape index (κ1) is 10.4. The van der Waals surface area contributed by atoms with Crippen LogP contribution in [0.5, 0.6) is 0 Å². The summed E-state index contributed by atoms with van der Waals surface area (Å²) in [5.41, 5.74) is 0.574. The molecule has 0 bridgehead atoms. The van der Waals surface area contributed by atoms with Gasteiger partial charge in [-0.05, 0) is 50.2 Å². The van der Waals surface area contributed by atoms with Gasteiger partial charge in [-0.15, -0.1) is 0 Å². The molecule has 0 aromatic carbocycles. The molecule has 2 aliphatic rings. The molecule has 1 N–H and O–H groups in total. The van der Waals surface area contributed by atoms with Gasteiger partial charge in [0, 0.05) is 13.1 Å². The second-order valence-corrected chi connectivity index (χ2v) is 5.43. The van der Waals surface area contributed by atoms with Gasteiger partial charge in [-0.1, -0.05) is 13.8 Å². The lowest BCUT2D eigenvalue weighted by Crippen LogP contribution is -2.41. The van der Waals surface area contributed by atoms with Crippen molar-refractivity contribution in [3.8, 4) is 0 Å². The summed E-state index contributed by atoms with van der Waals surface area (Å²) < 4.78 is 0. The summed E-state index contributed by atoms with van der Waals surface area (Å²) in [5, 5.41) is 3.54. The number of hydrogen-bond acceptors (Lipinski definition) is 2. The Hall–Kier alpha value is -0.0800. The van der Waals surface area contributed by atoms with E-state index in [1.807, 2.05) is 0 Å². The van der Waals surface area contributed by atoms with Crippen LogP contribution in [0.3, 0.4) is 0 Å². The molecule has 0 saturated carbocycles. The van der Waals surface area contributed by atoms with Crippen LogP contribution in [0.25, 0.3) is 0 Å². The molecule has 2 heteroatoms. The molecule has 0 aromatic rings. The fraction of sp³-hybridized carbons (Fsp3) is 1.00. The van der Waals surface area contributed by atoms with Crippen LogP contribution >= 0.6 is 0 Å². The van der Waals surface area contributed by atoms with Gasteiger partial charge in [0.25, 0.3) is 0 Å². The zero-order valence-electron chi connectivity index (χ0n) is 9.68. The normalized spacial score (nSPS) is 34.5. The smallest absolute Gasteiger partial charge is 0.00531 e. The van der Waals surface area contributed by atoms with Gasteiger partial charge in [0.2, 0.25) is 0 Å². The largest absolute Gasteiger partial charge is 0.316 e. The van der Waals surface area contributed by atoms with Gasteiger partial charge in [0.15, 0.2) is 0 Å². The molecule has 2 aliphatic heterocycles. The summed E-state index contributed by atoms with van der Waals surface area (Å²) in [7, 11) is 0. The molecule has 14 heavy (non-hydrogen) atoms. The maximum Gasteiger partial charge on any atom is 0.00531 e. The maximum atomic E-state index is 3.54. The minimum absolute atomic E-state index is 0.574. The molecule has 0 aliphatic carbocycles. The van der Waals surface area contributed by atoms with E-state index >= 15 is 0 Å². The second kappa shape index (κ2) is 4.19. The third-order valence-electron chi connectivity index (χ3n) is 4.24. The Balaban J connectivity index is 1.96. The fourth-order valence-corrected chi connectivity index (χ4v) is 2.96. The number of rotatable bonds is 3. The Labute approximate surface area is 88.1 Å². The van der Waals surface area contributed by atoms with Crippen LogP contribution in [0.15, 0.2) is 0 Å². The topological polar surface area (TPSA) is 15.3 Å². The Kier molecular flexibility index (Phi) is 3.13. The molecular weight excluding hydrogens is 172 g/mol. The summed E-state index contributed by atoms with van der Waals surface area (Å²) in [6.07, 6.45) is 4.21. The molecule has 1 atom stereocenters. The lowest BCUT2D eigenvalue weighted by atomic mass is 9.76. The Bertz CT molecular complexity index is 177. The van der Waals surface area contributed by atoms with Crippen molar-refractivity contribution < 1.29 is 0 Å². The molecular formula is C12H24N2. The predicted octanol–water partition coefficient (Wildman–Crippen LogP) is 1.72. The van der Waals surface area contributed by atoms with Crippen molar-refractivity contribution in [2.45, 2.75) is 33.1 Å². The van der Waals surface area contributed by atoms with Crippen LogP contribution in [-0.4, -0.2) is 37.6 Å². The van der Waals surface area contributed by atoms with Gasteiger partial charge < -0.3 is 10.2 Å². The predicted molar refractivity (Wildman–Crippen MR) is 60.4 cm³/mol. The summed E-state index contributed by atoms with van der Waals surface area (Å²) in [6, 6.07) is 0. The van der Waals surface area contributed by atoms with Crippen molar-refractivity contribution in [2.75, 3.05) is 32.7 Å². The second-order valence-electron chi connectivity index (χ2n) is 5.43. The third kappa shape index (κ3) is 1.96. The highest BCUT2D eigenvalue weighted by Crippen LogP contribution is 2.35. The van der Waals surface area contributed by atoms with Crippen molar-refractivity contribution in [2.24, 2.45) is 11.3 Å². The average molecular weight is 196 g/mol. The molecule has 0 amide bonds. The minimum Gasteiger partial charge on any atom is -0.316 e. The summed E-state index contributed by atoms with van der Waals surface area (Å²) >= 11 is 0. The minimum atomic E-state index is 0.574. The first-order valence-electron chi connectivity index (χ1n) is 6.16. The number of nitrogens with zero attached hydrogens (tertiary/aromatic N) is 1. The Morgan fingerprint density at radius 1 is 1.29 bits per heavy atom. The Morgan fingerprint density at radius 2 is 2.00 bits per heavy atom. The summed E-state index contributed by atoms with van der Waals surface area (Å²) in [5.74, 6) is 0.818. The summed E-state index contributed by atoms with van der Waals surface area (Å²) in [6.45, 7) is 11.3. The van der Waals surface area contributed by atoms with Crippen molar-refractivity contribution in [1.82, 2.24) is 10.2 Å². The van der Waals surface area contributed by atoms with Crippen LogP contribution in [-0.2, 0) is 0 Å². The van der Waals surface area contributed by atoms with Crippen molar-refractivity contribution >= 4 is 0 Å². The lowest BCUT2D eigenvalue weighted by Gasteiger charge is -2.36. The standard InChI is InChI=1S/C12H24N2/c1-11(2)12(5-6-13-9-12)10-14-7-3-4-8-14/h11,13H,3-10H2,1-2H3. The first-order chi connectivity index (χ1) is 6.73. The van der Waals surface area contributed by atoms with Gasteiger partial charge in [-0.25, -0.2) is 0 Å². The Morgan fingerprint density at radius 3 is 2.50 bits per heavy atom. The van der Waals surface area contributed by atoms with E-state index in [1.54, 1.807) is 0 Å². The highest BCUT2D eigenvalue weighted by atomic mass is 15.2. The molecule has 2 saturated heterocycles. The van der Waals surface area contributed by atoms with Gasteiger partial charge in [0.1, 0.15) is 0 Å². The average Bonchev–Trinajstić information content (AvgIpc) is 2.76.